The zero-order valence-electron chi connectivity index (χ0n) is 13.8. The van der Waals surface area contributed by atoms with Gasteiger partial charge in [-0.2, -0.15) is 5.26 Å². The van der Waals surface area contributed by atoms with Gasteiger partial charge in [-0.1, -0.05) is 18.2 Å². The Labute approximate surface area is 140 Å². The first-order valence-corrected chi connectivity index (χ1v) is 8.29. The van der Waals surface area contributed by atoms with E-state index in [1.54, 1.807) is 7.05 Å². The second-order valence-electron chi connectivity index (χ2n) is 6.11. The average molecular weight is 326 g/mol. The van der Waals surface area contributed by atoms with Gasteiger partial charge in [0, 0.05) is 25.0 Å². The van der Waals surface area contributed by atoms with Crippen molar-refractivity contribution in [1.29, 1.82) is 5.26 Å². The standard InChI is InChI=1S/C18H22N4O2/c1-21-16-5-3-2-4-14(16)17(15(12-19)18(21)24)22(10-11-23)13-6-8-20-9-7-13/h2-5,13,20,23H,6-11H2,1H3. The summed E-state index contributed by atoms with van der Waals surface area (Å²) < 4.78 is 1.52. The molecular formula is C18H22N4O2. The number of benzene rings is 1. The van der Waals surface area contributed by atoms with Crippen molar-refractivity contribution < 1.29 is 5.11 Å². The number of anilines is 1. The molecular weight excluding hydrogens is 304 g/mol. The highest BCUT2D eigenvalue weighted by molar-refractivity contribution is 5.95. The molecule has 0 radical (unpaired) electrons. The lowest BCUT2D eigenvalue weighted by Crippen LogP contribution is -2.45. The van der Waals surface area contributed by atoms with Gasteiger partial charge in [-0.05, 0) is 32.0 Å². The molecule has 0 aliphatic carbocycles. The molecule has 2 heterocycles. The minimum atomic E-state index is -0.289. The van der Waals surface area contributed by atoms with Gasteiger partial charge in [-0.3, -0.25) is 4.79 Å². The van der Waals surface area contributed by atoms with Crippen molar-refractivity contribution in [3.05, 3.63) is 40.2 Å². The van der Waals surface area contributed by atoms with Crippen LogP contribution in [0.2, 0.25) is 0 Å². The highest BCUT2D eigenvalue weighted by atomic mass is 16.3. The quantitative estimate of drug-likeness (QED) is 0.875. The first kappa shape index (κ1) is 16.5. The molecule has 24 heavy (non-hydrogen) atoms. The maximum absolute atomic E-state index is 12.7. The van der Waals surface area contributed by atoms with E-state index in [1.165, 1.54) is 4.57 Å². The number of aliphatic hydroxyl groups is 1. The van der Waals surface area contributed by atoms with Crippen LogP contribution in [0, 0.1) is 11.3 Å². The fourth-order valence-corrected chi connectivity index (χ4v) is 3.58. The van der Waals surface area contributed by atoms with Gasteiger partial charge < -0.3 is 19.9 Å². The highest BCUT2D eigenvalue weighted by Crippen LogP contribution is 2.31. The minimum absolute atomic E-state index is 0.0155. The van der Waals surface area contributed by atoms with Crippen LogP contribution in [0.25, 0.3) is 10.9 Å². The number of hydrogen-bond acceptors (Lipinski definition) is 5. The predicted octanol–water partition coefficient (Wildman–Crippen LogP) is 0.961. The number of nitriles is 1. The first-order valence-electron chi connectivity index (χ1n) is 8.29. The predicted molar refractivity (Wildman–Crippen MR) is 94.2 cm³/mol. The van der Waals surface area contributed by atoms with Gasteiger partial charge in [0.15, 0.2) is 0 Å². The van der Waals surface area contributed by atoms with E-state index in [0.717, 1.165) is 36.8 Å². The molecule has 0 unspecified atom stereocenters. The molecule has 0 atom stereocenters. The van der Waals surface area contributed by atoms with Crippen LogP contribution >= 0.6 is 0 Å². The monoisotopic (exact) mass is 326 g/mol. The minimum Gasteiger partial charge on any atom is -0.395 e. The molecule has 1 aliphatic rings. The number of nitrogens with one attached hydrogen (secondary N) is 1. The van der Waals surface area contributed by atoms with E-state index in [0.29, 0.717) is 12.2 Å². The summed E-state index contributed by atoms with van der Waals surface area (Å²) in [5.41, 5.74) is 1.33. The van der Waals surface area contributed by atoms with E-state index in [4.69, 9.17) is 0 Å². The normalized spacial score (nSPS) is 15.4. The van der Waals surface area contributed by atoms with Crippen LogP contribution in [0.4, 0.5) is 5.69 Å². The van der Waals surface area contributed by atoms with Gasteiger partial charge in [-0.15, -0.1) is 0 Å². The number of aryl methyl sites for hydroxylation is 1. The van der Waals surface area contributed by atoms with Crippen LogP contribution in [-0.4, -0.2) is 42.0 Å². The summed E-state index contributed by atoms with van der Waals surface area (Å²) in [6.07, 6.45) is 1.85. The summed E-state index contributed by atoms with van der Waals surface area (Å²) in [6.45, 7) is 2.20. The SMILES string of the molecule is Cn1c(=O)c(C#N)c(N(CCO)C2CCNCC2)c2ccccc21. The Kier molecular flexibility index (Phi) is 4.84. The van der Waals surface area contributed by atoms with Crippen molar-refractivity contribution in [2.75, 3.05) is 31.1 Å². The Hall–Kier alpha value is -2.36. The smallest absolute Gasteiger partial charge is 0.270 e. The molecule has 0 amide bonds. The number of pyridine rings is 1. The third kappa shape index (κ3) is 2.77. The fourth-order valence-electron chi connectivity index (χ4n) is 3.58. The van der Waals surface area contributed by atoms with E-state index in [9.17, 15) is 15.2 Å². The van der Waals surface area contributed by atoms with Gasteiger partial charge >= 0.3 is 0 Å². The Balaban J connectivity index is 2.27. The zero-order valence-corrected chi connectivity index (χ0v) is 13.8. The van der Waals surface area contributed by atoms with Crippen LogP contribution in [0.3, 0.4) is 0 Å². The average Bonchev–Trinajstić information content (AvgIpc) is 2.63. The molecule has 6 heteroatoms. The van der Waals surface area contributed by atoms with E-state index in [-0.39, 0.29) is 23.8 Å². The number of para-hydroxylation sites is 1. The molecule has 1 aromatic carbocycles. The van der Waals surface area contributed by atoms with E-state index in [1.807, 2.05) is 24.3 Å². The lowest BCUT2D eigenvalue weighted by Gasteiger charge is -2.37. The van der Waals surface area contributed by atoms with Crippen LogP contribution in [0.5, 0.6) is 0 Å². The Morgan fingerprint density at radius 3 is 2.75 bits per heavy atom. The molecule has 1 aromatic heterocycles. The number of aliphatic hydroxyl groups excluding tert-OH is 1. The number of piperidine rings is 1. The fraction of sp³-hybridized carbons (Fsp3) is 0.444. The lowest BCUT2D eigenvalue weighted by molar-refractivity contribution is 0.291. The Bertz CT molecular complexity index is 831. The summed E-state index contributed by atoms with van der Waals surface area (Å²) in [5, 5.41) is 23.4. The van der Waals surface area contributed by atoms with Crippen molar-refractivity contribution in [2.24, 2.45) is 7.05 Å². The second kappa shape index (κ2) is 7.04. The molecule has 1 saturated heterocycles. The molecule has 2 aromatic rings. The summed E-state index contributed by atoms with van der Waals surface area (Å²) >= 11 is 0. The van der Waals surface area contributed by atoms with Crippen LogP contribution in [0.1, 0.15) is 18.4 Å². The third-order valence-electron chi connectivity index (χ3n) is 4.77. The van der Waals surface area contributed by atoms with Crippen LogP contribution in [0.15, 0.2) is 29.1 Å². The van der Waals surface area contributed by atoms with Gasteiger partial charge in [-0.25, -0.2) is 0 Å². The molecule has 2 N–H and O–H groups in total. The van der Waals surface area contributed by atoms with E-state index < -0.39 is 0 Å². The van der Waals surface area contributed by atoms with Crippen molar-refractivity contribution in [2.45, 2.75) is 18.9 Å². The van der Waals surface area contributed by atoms with E-state index in [2.05, 4.69) is 16.3 Å². The number of aromatic nitrogens is 1. The highest BCUT2D eigenvalue weighted by Gasteiger charge is 2.26. The Morgan fingerprint density at radius 1 is 1.38 bits per heavy atom. The summed E-state index contributed by atoms with van der Waals surface area (Å²) in [6, 6.07) is 9.94. The topological polar surface area (TPSA) is 81.3 Å². The largest absolute Gasteiger partial charge is 0.395 e. The molecule has 126 valence electrons. The van der Waals surface area contributed by atoms with Crippen molar-refractivity contribution in [3.63, 3.8) is 0 Å². The van der Waals surface area contributed by atoms with Crippen LogP contribution < -0.4 is 15.8 Å². The van der Waals surface area contributed by atoms with Gasteiger partial charge in [0.2, 0.25) is 0 Å². The maximum Gasteiger partial charge on any atom is 0.270 e. The Morgan fingerprint density at radius 2 is 2.08 bits per heavy atom. The number of nitrogens with zero attached hydrogens (tertiary/aromatic N) is 3. The van der Waals surface area contributed by atoms with Gasteiger partial charge in [0.05, 0.1) is 17.8 Å². The van der Waals surface area contributed by atoms with Crippen molar-refractivity contribution in [3.8, 4) is 6.07 Å². The third-order valence-corrected chi connectivity index (χ3v) is 4.77. The maximum atomic E-state index is 12.7. The zero-order chi connectivity index (χ0) is 17.1. The van der Waals surface area contributed by atoms with Crippen molar-refractivity contribution >= 4 is 16.6 Å². The number of fused-ring (bicyclic) bond motifs is 1. The molecule has 0 spiro atoms. The molecule has 6 nitrogen and oxygen atoms in total. The second-order valence-corrected chi connectivity index (χ2v) is 6.11. The molecule has 1 aliphatic heterocycles. The summed E-state index contributed by atoms with van der Waals surface area (Å²) in [7, 11) is 1.69. The molecule has 0 bridgehead atoms. The van der Waals surface area contributed by atoms with Crippen molar-refractivity contribution in [1.82, 2.24) is 9.88 Å². The van der Waals surface area contributed by atoms with E-state index >= 15 is 0 Å². The molecule has 0 saturated carbocycles. The molecule has 1 fully saturated rings. The first-order chi connectivity index (χ1) is 11.7. The lowest BCUT2D eigenvalue weighted by atomic mass is 10.0. The van der Waals surface area contributed by atoms with Gasteiger partial charge in [0.25, 0.3) is 5.56 Å². The van der Waals surface area contributed by atoms with Crippen LogP contribution in [-0.2, 0) is 7.05 Å². The number of rotatable bonds is 4. The number of hydrogen-bond donors (Lipinski definition) is 2. The summed E-state index contributed by atoms with van der Waals surface area (Å²) in [4.78, 5) is 14.7. The van der Waals surface area contributed by atoms with Gasteiger partial charge in [0.1, 0.15) is 11.6 Å². The summed E-state index contributed by atoms with van der Waals surface area (Å²) in [5.74, 6) is 0. The molecule has 3 rings (SSSR count).